The van der Waals surface area contributed by atoms with E-state index >= 15 is 0 Å². The van der Waals surface area contributed by atoms with Crippen LogP contribution in [0.1, 0.15) is 10.6 Å². The summed E-state index contributed by atoms with van der Waals surface area (Å²) in [6.45, 7) is 0.0179. The number of carbonyl (C=O) groups excluding carboxylic acids is 2. The van der Waals surface area contributed by atoms with Crippen molar-refractivity contribution in [2.75, 3.05) is 18.1 Å². The number of thioether (sulfide) groups is 1. The third kappa shape index (κ3) is 4.18. The molecule has 0 radical (unpaired) electrons. The summed E-state index contributed by atoms with van der Waals surface area (Å²) in [6.07, 6.45) is 1.36. The lowest BCUT2D eigenvalue weighted by molar-refractivity contribution is -0.117. The van der Waals surface area contributed by atoms with Gasteiger partial charge in [-0.25, -0.2) is 0 Å². The first-order valence-corrected chi connectivity index (χ1v) is 5.46. The van der Waals surface area contributed by atoms with Gasteiger partial charge in [0, 0.05) is 5.75 Å². The number of furan rings is 1. The summed E-state index contributed by atoms with van der Waals surface area (Å²) in [6, 6.07) is 3.05. The van der Waals surface area contributed by atoms with Gasteiger partial charge < -0.3 is 9.52 Å². The van der Waals surface area contributed by atoms with Crippen LogP contribution in [0.25, 0.3) is 0 Å². The van der Waals surface area contributed by atoms with E-state index in [0.29, 0.717) is 5.75 Å². The largest absolute Gasteiger partial charge is 0.459 e. The highest BCUT2D eigenvalue weighted by Crippen LogP contribution is 2.01. The van der Waals surface area contributed by atoms with Crippen molar-refractivity contribution in [3.8, 4) is 0 Å². The molecule has 1 aromatic rings. The summed E-state index contributed by atoms with van der Waals surface area (Å²) in [5.41, 5.74) is 0. The Bertz CT molecular complexity index is 323. The first-order chi connectivity index (χ1) is 7.24. The van der Waals surface area contributed by atoms with Crippen LogP contribution in [0.15, 0.2) is 22.8 Å². The topological polar surface area (TPSA) is 79.5 Å². The fraction of sp³-hybridized carbons (Fsp3) is 0.333. The maximum absolute atomic E-state index is 11.3. The first-order valence-electron chi connectivity index (χ1n) is 4.30. The number of carbonyl (C=O) groups is 2. The van der Waals surface area contributed by atoms with Crippen molar-refractivity contribution in [2.45, 2.75) is 0 Å². The maximum atomic E-state index is 11.3. The summed E-state index contributed by atoms with van der Waals surface area (Å²) in [4.78, 5) is 22.4. The van der Waals surface area contributed by atoms with E-state index in [1.165, 1.54) is 24.1 Å². The molecule has 1 heterocycles. The third-order valence-electron chi connectivity index (χ3n) is 1.47. The summed E-state index contributed by atoms with van der Waals surface area (Å²) in [5.74, 6) is -0.213. The van der Waals surface area contributed by atoms with Crippen molar-refractivity contribution in [3.63, 3.8) is 0 Å². The number of amides is 2. The molecule has 5 nitrogen and oxygen atoms in total. The predicted molar refractivity (Wildman–Crippen MR) is 55.6 cm³/mol. The van der Waals surface area contributed by atoms with Crippen molar-refractivity contribution in [2.24, 2.45) is 0 Å². The summed E-state index contributed by atoms with van der Waals surface area (Å²) in [7, 11) is 0. The summed E-state index contributed by atoms with van der Waals surface area (Å²) >= 11 is 1.26. The second-order valence-corrected chi connectivity index (χ2v) is 3.74. The fourth-order valence-electron chi connectivity index (χ4n) is 0.861. The highest BCUT2D eigenvalue weighted by Gasteiger charge is 2.11. The third-order valence-corrected chi connectivity index (χ3v) is 2.40. The molecule has 15 heavy (non-hydrogen) atoms. The first kappa shape index (κ1) is 11.8. The predicted octanol–water partition coefficient (Wildman–Crippen LogP) is 0.261. The lowest BCUT2D eigenvalue weighted by Crippen LogP contribution is -2.31. The molecule has 0 spiro atoms. The number of aliphatic hydroxyl groups is 1. The Kier molecular flexibility index (Phi) is 4.92. The molecule has 0 fully saturated rings. The summed E-state index contributed by atoms with van der Waals surface area (Å²) in [5, 5.41) is 10.6. The van der Waals surface area contributed by atoms with E-state index in [1.54, 1.807) is 6.07 Å². The van der Waals surface area contributed by atoms with E-state index in [4.69, 9.17) is 9.52 Å². The van der Waals surface area contributed by atoms with Crippen LogP contribution >= 0.6 is 11.8 Å². The van der Waals surface area contributed by atoms with Crippen LogP contribution < -0.4 is 5.32 Å². The Hall–Kier alpha value is -1.27. The van der Waals surface area contributed by atoms with Crippen molar-refractivity contribution in [3.05, 3.63) is 24.2 Å². The minimum Gasteiger partial charge on any atom is -0.459 e. The minimum atomic E-state index is -0.547. The van der Waals surface area contributed by atoms with Gasteiger partial charge in [0.15, 0.2) is 5.76 Å². The van der Waals surface area contributed by atoms with Crippen molar-refractivity contribution in [1.29, 1.82) is 0 Å². The van der Waals surface area contributed by atoms with Gasteiger partial charge in [0.1, 0.15) is 0 Å². The fourth-order valence-corrected chi connectivity index (χ4v) is 1.39. The molecule has 2 amide bonds. The molecular formula is C9H11NO4S. The number of nitrogens with one attached hydrogen (secondary N) is 1. The van der Waals surface area contributed by atoms with Crippen molar-refractivity contribution >= 4 is 23.6 Å². The van der Waals surface area contributed by atoms with Gasteiger partial charge in [-0.15, -0.1) is 11.8 Å². The monoisotopic (exact) mass is 229 g/mol. The lowest BCUT2D eigenvalue weighted by atomic mass is 10.4. The molecule has 0 atom stereocenters. The van der Waals surface area contributed by atoms with Crippen molar-refractivity contribution in [1.82, 2.24) is 5.32 Å². The maximum Gasteiger partial charge on any atom is 0.293 e. The van der Waals surface area contributed by atoms with Crippen LogP contribution in [-0.4, -0.2) is 35.0 Å². The molecule has 0 aliphatic rings. The summed E-state index contributed by atoms with van der Waals surface area (Å²) < 4.78 is 4.81. The Morgan fingerprint density at radius 3 is 2.93 bits per heavy atom. The lowest BCUT2D eigenvalue weighted by Gasteiger charge is -2.00. The van der Waals surface area contributed by atoms with Gasteiger partial charge in [-0.05, 0) is 12.1 Å². The number of rotatable bonds is 5. The molecule has 6 heteroatoms. The highest BCUT2D eigenvalue weighted by atomic mass is 32.2. The van der Waals surface area contributed by atoms with Crippen LogP contribution in [0.3, 0.4) is 0 Å². The number of hydrogen-bond acceptors (Lipinski definition) is 5. The average Bonchev–Trinajstić information content (AvgIpc) is 2.70. The molecule has 0 unspecified atom stereocenters. The van der Waals surface area contributed by atoms with Gasteiger partial charge in [-0.3, -0.25) is 14.9 Å². The molecule has 0 aromatic carbocycles. The van der Waals surface area contributed by atoms with Gasteiger partial charge in [0.05, 0.1) is 18.6 Å². The van der Waals surface area contributed by atoms with Gasteiger partial charge in [0.25, 0.3) is 5.91 Å². The standard InChI is InChI=1S/C9H11NO4S/c11-3-5-15-6-8(12)10-9(13)7-2-1-4-14-7/h1-2,4,11H,3,5-6H2,(H,10,12,13). The minimum absolute atomic E-state index is 0.0179. The van der Waals surface area contributed by atoms with E-state index in [1.807, 2.05) is 0 Å². The molecule has 0 aliphatic carbocycles. The number of hydrogen-bond donors (Lipinski definition) is 2. The van der Waals surface area contributed by atoms with E-state index in [0.717, 1.165) is 0 Å². The van der Waals surface area contributed by atoms with Crippen molar-refractivity contribution < 1.29 is 19.1 Å². The Balaban J connectivity index is 2.29. The van der Waals surface area contributed by atoms with Crippen LogP contribution in [-0.2, 0) is 4.79 Å². The van der Waals surface area contributed by atoms with Gasteiger partial charge in [-0.1, -0.05) is 0 Å². The molecule has 0 saturated heterocycles. The zero-order valence-corrected chi connectivity index (χ0v) is 8.75. The normalized spacial score (nSPS) is 9.93. The molecule has 0 bridgehead atoms. The van der Waals surface area contributed by atoms with E-state index < -0.39 is 11.8 Å². The quantitative estimate of drug-likeness (QED) is 0.708. The molecule has 1 aromatic heterocycles. The molecule has 1 rings (SSSR count). The smallest absolute Gasteiger partial charge is 0.293 e. The molecule has 82 valence electrons. The SMILES string of the molecule is O=C(CSCCO)NC(=O)c1ccco1. The second kappa shape index (κ2) is 6.26. The van der Waals surface area contributed by atoms with Crippen LogP contribution in [0.5, 0.6) is 0 Å². The Labute approximate surface area is 90.8 Å². The Morgan fingerprint density at radius 2 is 2.33 bits per heavy atom. The van der Waals surface area contributed by atoms with Crippen LogP contribution in [0, 0.1) is 0 Å². The average molecular weight is 229 g/mol. The second-order valence-electron chi connectivity index (χ2n) is 2.63. The van der Waals surface area contributed by atoms with Gasteiger partial charge >= 0.3 is 0 Å². The number of imide groups is 1. The van der Waals surface area contributed by atoms with Gasteiger partial charge in [0.2, 0.25) is 5.91 Å². The van der Waals surface area contributed by atoms with Crippen LogP contribution in [0.2, 0.25) is 0 Å². The Morgan fingerprint density at radius 1 is 1.53 bits per heavy atom. The van der Waals surface area contributed by atoms with E-state index in [9.17, 15) is 9.59 Å². The van der Waals surface area contributed by atoms with Gasteiger partial charge in [-0.2, -0.15) is 0 Å². The van der Waals surface area contributed by atoms with E-state index in [-0.39, 0.29) is 18.1 Å². The van der Waals surface area contributed by atoms with E-state index in [2.05, 4.69) is 5.32 Å². The highest BCUT2D eigenvalue weighted by molar-refractivity contribution is 7.99. The molecule has 0 aliphatic heterocycles. The number of aliphatic hydroxyl groups excluding tert-OH is 1. The zero-order valence-electron chi connectivity index (χ0n) is 7.93. The zero-order chi connectivity index (χ0) is 11.1. The molecular weight excluding hydrogens is 218 g/mol. The molecule has 2 N–H and O–H groups in total. The molecule has 0 saturated carbocycles. The van der Waals surface area contributed by atoms with Crippen LogP contribution in [0.4, 0.5) is 0 Å².